The maximum absolute atomic E-state index is 2.51. The Kier molecular flexibility index (Phi) is 5.86. The standard InChI is InChI=1S/C47H31N/c1-4-15-32(16-5-1)34-18-14-23-37(29-34)48-44-26-13-12-25-39(44)40-30-41-43(31-45(40)48)47(35-19-6-2-7-20-35,36-21-8-3-9-22-36)42-28-27-33-17-10-11-24-38(33)46(41)42/h1-31H. The van der Waals surface area contributed by atoms with Gasteiger partial charge in [0.1, 0.15) is 0 Å². The van der Waals surface area contributed by atoms with E-state index in [0.29, 0.717) is 0 Å². The lowest BCUT2D eigenvalue weighted by Gasteiger charge is -2.34. The first-order valence-corrected chi connectivity index (χ1v) is 16.7. The number of aromatic nitrogens is 1. The number of nitrogens with zero attached hydrogens (tertiary/aromatic N) is 1. The van der Waals surface area contributed by atoms with E-state index in [9.17, 15) is 0 Å². The molecule has 224 valence electrons. The Bertz CT molecular complexity index is 2610. The minimum absolute atomic E-state index is 0.488. The van der Waals surface area contributed by atoms with Gasteiger partial charge in [0.25, 0.3) is 0 Å². The highest BCUT2D eigenvalue weighted by Gasteiger charge is 2.47. The summed E-state index contributed by atoms with van der Waals surface area (Å²) in [7, 11) is 0. The highest BCUT2D eigenvalue weighted by molar-refractivity contribution is 6.14. The van der Waals surface area contributed by atoms with E-state index >= 15 is 0 Å². The molecule has 0 bridgehead atoms. The van der Waals surface area contributed by atoms with Crippen LogP contribution in [0, 0.1) is 0 Å². The van der Waals surface area contributed by atoms with E-state index in [1.54, 1.807) is 0 Å². The van der Waals surface area contributed by atoms with Gasteiger partial charge in [0, 0.05) is 16.5 Å². The van der Waals surface area contributed by atoms with E-state index in [-0.39, 0.29) is 0 Å². The zero-order valence-electron chi connectivity index (χ0n) is 26.3. The fourth-order valence-electron chi connectivity index (χ4n) is 8.45. The molecule has 1 aromatic heterocycles. The van der Waals surface area contributed by atoms with Crippen LogP contribution in [0.15, 0.2) is 188 Å². The molecule has 1 heteroatoms. The number of para-hydroxylation sites is 1. The van der Waals surface area contributed by atoms with Crippen molar-refractivity contribution >= 4 is 32.6 Å². The number of hydrogen-bond donors (Lipinski definition) is 0. The van der Waals surface area contributed by atoms with Crippen molar-refractivity contribution in [2.75, 3.05) is 0 Å². The number of rotatable bonds is 4. The van der Waals surface area contributed by atoms with E-state index in [1.165, 1.54) is 77.1 Å². The second-order valence-corrected chi connectivity index (χ2v) is 12.9. The first-order valence-electron chi connectivity index (χ1n) is 16.7. The number of benzene rings is 8. The second-order valence-electron chi connectivity index (χ2n) is 12.9. The van der Waals surface area contributed by atoms with Crippen LogP contribution in [0.1, 0.15) is 22.3 Å². The lowest BCUT2D eigenvalue weighted by Crippen LogP contribution is -2.28. The Balaban J connectivity index is 1.37. The molecule has 1 heterocycles. The molecular weight excluding hydrogens is 579 g/mol. The van der Waals surface area contributed by atoms with Gasteiger partial charge in [-0.05, 0) is 85.6 Å². The number of fused-ring (bicyclic) bond motifs is 8. The van der Waals surface area contributed by atoms with Crippen molar-refractivity contribution in [3.05, 3.63) is 210 Å². The third-order valence-electron chi connectivity index (χ3n) is 10.4. The van der Waals surface area contributed by atoms with Crippen LogP contribution < -0.4 is 0 Å². The highest BCUT2D eigenvalue weighted by Crippen LogP contribution is 2.59. The van der Waals surface area contributed by atoms with E-state index in [4.69, 9.17) is 0 Å². The number of hydrogen-bond acceptors (Lipinski definition) is 0. The van der Waals surface area contributed by atoms with Gasteiger partial charge < -0.3 is 4.57 Å². The van der Waals surface area contributed by atoms with Crippen LogP contribution >= 0.6 is 0 Å². The van der Waals surface area contributed by atoms with Gasteiger partial charge in [-0.1, -0.05) is 158 Å². The summed E-state index contributed by atoms with van der Waals surface area (Å²) < 4.78 is 2.47. The minimum Gasteiger partial charge on any atom is -0.309 e. The van der Waals surface area contributed by atoms with E-state index in [2.05, 4.69) is 193 Å². The summed E-state index contributed by atoms with van der Waals surface area (Å²) in [5, 5.41) is 5.09. The minimum atomic E-state index is -0.488. The Hall–Kier alpha value is -6.18. The van der Waals surface area contributed by atoms with Gasteiger partial charge in [0.05, 0.1) is 16.4 Å². The van der Waals surface area contributed by atoms with Gasteiger partial charge in [-0.25, -0.2) is 0 Å². The van der Waals surface area contributed by atoms with Gasteiger partial charge in [-0.2, -0.15) is 0 Å². The van der Waals surface area contributed by atoms with E-state index < -0.39 is 5.41 Å². The normalized spacial score (nSPS) is 13.2. The van der Waals surface area contributed by atoms with Crippen molar-refractivity contribution in [3.8, 4) is 27.9 Å². The molecule has 0 spiro atoms. The van der Waals surface area contributed by atoms with Crippen LogP contribution in [0.2, 0.25) is 0 Å². The van der Waals surface area contributed by atoms with Crippen molar-refractivity contribution in [2.24, 2.45) is 0 Å². The summed E-state index contributed by atoms with van der Waals surface area (Å²) in [6.45, 7) is 0. The van der Waals surface area contributed by atoms with Gasteiger partial charge >= 0.3 is 0 Å². The van der Waals surface area contributed by atoms with Crippen molar-refractivity contribution in [1.29, 1.82) is 0 Å². The summed E-state index contributed by atoms with van der Waals surface area (Å²) in [6.07, 6.45) is 0. The maximum atomic E-state index is 2.51. The predicted molar refractivity (Wildman–Crippen MR) is 201 cm³/mol. The van der Waals surface area contributed by atoms with Crippen LogP contribution in [0.3, 0.4) is 0 Å². The Morgan fingerprint density at radius 1 is 0.375 bits per heavy atom. The van der Waals surface area contributed by atoms with Crippen LogP contribution in [0.25, 0.3) is 60.5 Å². The van der Waals surface area contributed by atoms with Crippen LogP contribution in [0.4, 0.5) is 0 Å². The summed E-state index contributed by atoms with van der Waals surface area (Å²) in [4.78, 5) is 0. The summed E-state index contributed by atoms with van der Waals surface area (Å²) in [5.74, 6) is 0. The molecule has 0 saturated heterocycles. The van der Waals surface area contributed by atoms with Gasteiger partial charge in [0.2, 0.25) is 0 Å². The van der Waals surface area contributed by atoms with E-state index in [0.717, 1.165) is 5.69 Å². The van der Waals surface area contributed by atoms with Gasteiger partial charge in [-0.15, -0.1) is 0 Å². The van der Waals surface area contributed by atoms with Crippen molar-refractivity contribution in [2.45, 2.75) is 5.41 Å². The van der Waals surface area contributed by atoms with Crippen molar-refractivity contribution in [3.63, 3.8) is 0 Å². The average molecular weight is 610 g/mol. The van der Waals surface area contributed by atoms with Crippen LogP contribution in [0.5, 0.6) is 0 Å². The fraction of sp³-hybridized carbons (Fsp3) is 0.0213. The van der Waals surface area contributed by atoms with Crippen molar-refractivity contribution in [1.82, 2.24) is 4.57 Å². The molecule has 0 atom stereocenters. The largest absolute Gasteiger partial charge is 0.309 e. The Labute approximate surface area is 280 Å². The molecule has 0 aliphatic heterocycles. The predicted octanol–water partition coefficient (Wildman–Crippen LogP) is 12.0. The molecule has 0 amide bonds. The topological polar surface area (TPSA) is 4.93 Å². The maximum Gasteiger partial charge on any atom is 0.0714 e. The fourth-order valence-corrected chi connectivity index (χ4v) is 8.45. The molecule has 0 N–H and O–H groups in total. The first-order chi connectivity index (χ1) is 23.8. The molecule has 1 aliphatic rings. The molecule has 0 radical (unpaired) electrons. The second kappa shape index (κ2) is 10.4. The zero-order chi connectivity index (χ0) is 31.7. The summed E-state index contributed by atoms with van der Waals surface area (Å²) in [5.41, 5.74) is 13.4. The third-order valence-corrected chi connectivity index (χ3v) is 10.4. The molecule has 0 saturated carbocycles. The molecule has 0 fully saturated rings. The molecule has 0 unspecified atom stereocenters. The molecular formula is C47H31N. The lowest BCUT2D eigenvalue weighted by molar-refractivity contribution is 0.769. The van der Waals surface area contributed by atoms with E-state index in [1.807, 2.05) is 0 Å². The average Bonchev–Trinajstić information content (AvgIpc) is 3.65. The summed E-state index contributed by atoms with van der Waals surface area (Å²) in [6, 6.07) is 69.3. The van der Waals surface area contributed by atoms with Gasteiger partial charge in [-0.3, -0.25) is 0 Å². The summed E-state index contributed by atoms with van der Waals surface area (Å²) >= 11 is 0. The Morgan fingerprint density at radius 3 is 1.75 bits per heavy atom. The monoisotopic (exact) mass is 609 g/mol. The quantitative estimate of drug-likeness (QED) is 0.187. The third kappa shape index (κ3) is 3.73. The molecule has 9 aromatic rings. The van der Waals surface area contributed by atoms with Crippen LogP contribution in [-0.4, -0.2) is 4.57 Å². The molecule has 10 rings (SSSR count). The van der Waals surface area contributed by atoms with Crippen molar-refractivity contribution < 1.29 is 0 Å². The molecule has 48 heavy (non-hydrogen) atoms. The molecule has 8 aromatic carbocycles. The van der Waals surface area contributed by atoms with Gasteiger partial charge in [0.15, 0.2) is 0 Å². The lowest BCUT2D eigenvalue weighted by atomic mass is 9.67. The Morgan fingerprint density at radius 2 is 1.00 bits per heavy atom. The highest BCUT2D eigenvalue weighted by atomic mass is 15.0. The molecule has 1 aliphatic carbocycles. The first kappa shape index (κ1) is 27.0. The smallest absolute Gasteiger partial charge is 0.0714 e. The molecule has 1 nitrogen and oxygen atoms in total. The SMILES string of the molecule is c1ccc(-c2cccc(-n3c4ccccc4c4cc5c(cc43)C(c3ccccc3)(c3ccccc3)c3ccc4ccccc4c3-5)c2)cc1. The van der Waals surface area contributed by atoms with Crippen LogP contribution in [-0.2, 0) is 5.41 Å². The zero-order valence-corrected chi connectivity index (χ0v) is 26.3.